The Balaban J connectivity index is 1.47. The highest BCUT2D eigenvalue weighted by Gasteiger charge is 2.18. The predicted molar refractivity (Wildman–Crippen MR) is 150 cm³/mol. The van der Waals surface area contributed by atoms with E-state index < -0.39 is 5.97 Å². The summed E-state index contributed by atoms with van der Waals surface area (Å²) in [5.74, 6) is -0.103. The van der Waals surface area contributed by atoms with E-state index in [-0.39, 0.29) is 12.3 Å². The minimum absolute atomic E-state index is 0.0628. The van der Waals surface area contributed by atoms with Gasteiger partial charge in [0.15, 0.2) is 0 Å². The van der Waals surface area contributed by atoms with Crippen molar-refractivity contribution in [2.75, 3.05) is 13.2 Å². The lowest BCUT2D eigenvalue weighted by Crippen LogP contribution is -2.32. The Morgan fingerprint density at radius 3 is 2.38 bits per heavy atom. The molecule has 0 spiro atoms. The molecule has 2 heterocycles. The molecular formula is C32H33N3O4. The first-order chi connectivity index (χ1) is 19.1. The molecular weight excluding hydrogens is 490 g/mol. The maximum atomic E-state index is 13.7. The standard InChI is InChI=1S/C32H33N3O4/c36-31(37)13-2-1-7-22-39-30-12-4-3-9-28(30)24-35(21-18-29-11-5-6-20-34-29)32(38)26-16-14-25(15-17-26)27-10-8-19-33-23-27/h3-6,8-12,14-17,19-20,23H,1-2,7,13,18,21-22,24H2,(H,36,37). The number of aliphatic carboxylic acids is 1. The highest BCUT2D eigenvalue weighted by Crippen LogP contribution is 2.23. The SMILES string of the molecule is O=C(O)CCCCCOc1ccccc1CN(CCc1ccccn1)C(=O)c1ccc(-c2cccnc2)cc1. The van der Waals surface area contributed by atoms with Crippen LogP contribution < -0.4 is 4.74 Å². The van der Waals surface area contributed by atoms with Gasteiger partial charge in [-0.25, -0.2) is 0 Å². The molecule has 0 atom stereocenters. The molecule has 2 aromatic carbocycles. The lowest BCUT2D eigenvalue weighted by molar-refractivity contribution is -0.137. The fourth-order valence-corrected chi connectivity index (χ4v) is 4.29. The summed E-state index contributed by atoms with van der Waals surface area (Å²) in [4.78, 5) is 34.9. The van der Waals surface area contributed by atoms with Gasteiger partial charge in [0.2, 0.25) is 0 Å². The molecule has 4 aromatic rings. The number of unbranched alkanes of at least 4 members (excludes halogenated alkanes) is 2. The van der Waals surface area contributed by atoms with E-state index in [0.717, 1.165) is 41.0 Å². The summed E-state index contributed by atoms with van der Waals surface area (Å²) < 4.78 is 6.05. The van der Waals surface area contributed by atoms with E-state index in [1.165, 1.54) is 0 Å². The van der Waals surface area contributed by atoms with Gasteiger partial charge in [-0.3, -0.25) is 19.6 Å². The van der Waals surface area contributed by atoms with Gasteiger partial charge in [0.25, 0.3) is 5.91 Å². The quantitative estimate of drug-likeness (QED) is 0.202. The van der Waals surface area contributed by atoms with Crippen LogP contribution in [0.3, 0.4) is 0 Å². The fourth-order valence-electron chi connectivity index (χ4n) is 4.29. The molecule has 0 radical (unpaired) electrons. The van der Waals surface area contributed by atoms with Crippen LogP contribution >= 0.6 is 0 Å². The molecule has 0 bridgehead atoms. The van der Waals surface area contributed by atoms with E-state index in [2.05, 4.69) is 9.97 Å². The second-order valence-corrected chi connectivity index (χ2v) is 9.28. The first-order valence-corrected chi connectivity index (χ1v) is 13.2. The molecule has 0 saturated heterocycles. The van der Waals surface area contributed by atoms with E-state index in [0.29, 0.717) is 38.1 Å². The van der Waals surface area contributed by atoms with Crippen molar-refractivity contribution < 1.29 is 19.4 Å². The summed E-state index contributed by atoms with van der Waals surface area (Å²) in [7, 11) is 0. The maximum absolute atomic E-state index is 13.7. The van der Waals surface area contributed by atoms with Crippen molar-refractivity contribution in [2.45, 2.75) is 38.6 Å². The van der Waals surface area contributed by atoms with E-state index in [4.69, 9.17) is 9.84 Å². The topological polar surface area (TPSA) is 92.6 Å². The number of rotatable bonds is 14. The average Bonchev–Trinajstić information content (AvgIpc) is 2.98. The number of carbonyl (C=O) groups is 2. The van der Waals surface area contributed by atoms with Crippen LogP contribution in [0.25, 0.3) is 11.1 Å². The monoisotopic (exact) mass is 523 g/mol. The number of hydrogen-bond donors (Lipinski definition) is 1. The lowest BCUT2D eigenvalue weighted by Gasteiger charge is -2.24. The van der Waals surface area contributed by atoms with Crippen molar-refractivity contribution in [3.05, 3.63) is 114 Å². The van der Waals surface area contributed by atoms with Gasteiger partial charge in [-0.15, -0.1) is 0 Å². The zero-order valence-electron chi connectivity index (χ0n) is 21.9. The van der Waals surface area contributed by atoms with Gasteiger partial charge in [0.1, 0.15) is 5.75 Å². The van der Waals surface area contributed by atoms with Gasteiger partial charge in [-0.05, 0) is 66.8 Å². The summed E-state index contributed by atoms with van der Waals surface area (Å²) in [6.07, 6.45) is 8.31. The van der Waals surface area contributed by atoms with Gasteiger partial charge in [0, 0.05) is 61.3 Å². The van der Waals surface area contributed by atoms with E-state index in [1.807, 2.05) is 83.8 Å². The summed E-state index contributed by atoms with van der Waals surface area (Å²) in [6.45, 7) is 1.39. The molecule has 39 heavy (non-hydrogen) atoms. The molecule has 0 saturated carbocycles. The van der Waals surface area contributed by atoms with Crippen molar-refractivity contribution in [2.24, 2.45) is 0 Å². The van der Waals surface area contributed by atoms with E-state index in [1.54, 1.807) is 18.6 Å². The number of benzene rings is 2. The molecule has 2 aromatic heterocycles. The number of para-hydroxylation sites is 1. The molecule has 0 unspecified atom stereocenters. The molecule has 0 aliphatic heterocycles. The number of carboxylic acids is 1. The van der Waals surface area contributed by atoms with E-state index >= 15 is 0 Å². The largest absolute Gasteiger partial charge is 0.493 e. The number of aromatic nitrogens is 2. The zero-order chi connectivity index (χ0) is 27.3. The second kappa shape index (κ2) is 14.4. The van der Waals surface area contributed by atoms with Crippen LogP contribution in [-0.4, -0.2) is 45.0 Å². The third-order valence-corrected chi connectivity index (χ3v) is 6.40. The minimum atomic E-state index is -0.775. The van der Waals surface area contributed by atoms with E-state index in [9.17, 15) is 9.59 Å². The van der Waals surface area contributed by atoms with Crippen LogP contribution in [0.4, 0.5) is 0 Å². The minimum Gasteiger partial charge on any atom is -0.493 e. The van der Waals surface area contributed by atoms with Gasteiger partial charge in [-0.1, -0.05) is 42.5 Å². The van der Waals surface area contributed by atoms with Crippen LogP contribution in [0.1, 0.15) is 47.3 Å². The molecule has 1 N–H and O–H groups in total. The molecule has 0 aliphatic rings. The van der Waals surface area contributed by atoms with Gasteiger partial charge in [0.05, 0.1) is 6.61 Å². The number of carbonyl (C=O) groups excluding carboxylic acids is 1. The number of hydrogen-bond acceptors (Lipinski definition) is 5. The van der Waals surface area contributed by atoms with Crippen LogP contribution in [0.15, 0.2) is 97.5 Å². The lowest BCUT2D eigenvalue weighted by atomic mass is 10.0. The van der Waals surface area contributed by atoms with Crippen molar-refractivity contribution in [3.63, 3.8) is 0 Å². The van der Waals surface area contributed by atoms with Crippen LogP contribution in [-0.2, 0) is 17.8 Å². The smallest absolute Gasteiger partial charge is 0.303 e. The van der Waals surface area contributed by atoms with Crippen LogP contribution in [0, 0.1) is 0 Å². The Labute approximate surface area is 229 Å². The van der Waals surface area contributed by atoms with Gasteiger partial charge >= 0.3 is 5.97 Å². The molecule has 200 valence electrons. The highest BCUT2D eigenvalue weighted by molar-refractivity contribution is 5.94. The number of ether oxygens (including phenoxy) is 1. The summed E-state index contributed by atoms with van der Waals surface area (Å²) in [5, 5.41) is 8.81. The zero-order valence-corrected chi connectivity index (χ0v) is 21.9. The number of pyridine rings is 2. The summed E-state index contributed by atoms with van der Waals surface area (Å²) in [6, 6.07) is 25.0. The van der Waals surface area contributed by atoms with Crippen molar-refractivity contribution >= 4 is 11.9 Å². The number of nitrogens with zero attached hydrogens (tertiary/aromatic N) is 3. The average molecular weight is 524 g/mol. The Kier molecular flexibility index (Phi) is 10.2. The Morgan fingerprint density at radius 2 is 1.64 bits per heavy atom. The van der Waals surface area contributed by atoms with Gasteiger partial charge in [-0.2, -0.15) is 0 Å². The predicted octanol–water partition coefficient (Wildman–Crippen LogP) is 6.05. The third kappa shape index (κ3) is 8.50. The Hall–Kier alpha value is -4.52. The number of amides is 1. The second-order valence-electron chi connectivity index (χ2n) is 9.28. The molecule has 0 fully saturated rings. The van der Waals surface area contributed by atoms with Crippen molar-refractivity contribution in [1.82, 2.24) is 14.9 Å². The Morgan fingerprint density at radius 1 is 0.821 bits per heavy atom. The van der Waals surface area contributed by atoms with Crippen LogP contribution in [0.5, 0.6) is 5.75 Å². The third-order valence-electron chi connectivity index (χ3n) is 6.40. The molecule has 7 heteroatoms. The van der Waals surface area contributed by atoms with Crippen molar-refractivity contribution in [3.8, 4) is 16.9 Å². The van der Waals surface area contributed by atoms with Crippen LogP contribution in [0.2, 0.25) is 0 Å². The first kappa shape index (κ1) is 27.5. The summed E-state index contributed by atoms with van der Waals surface area (Å²) in [5.41, 5.74) is 4.46. The Bertz CT molecular complexity index is 1330. The number of carboxylic acid groups (broad SMARTS) is 1. The van der Waals surface area contributed by atoms with Crippen molar-refractivity contribution in [1.29, 1.82) is 0 Å². The molecule has 0 aliphatic carbocycles. The normalized spacial score (nSPS) is 10.7. The fraction of sp³-hybridized carbons (Fsp3) is 0.250. The highest BCUT2D eigenvalue weighted by atomic mass is 16.5. The summed E-state index contributed by atoms with van der Waals surface area (Å²) >= 11 is 0. The molecule has 4 rings (SSSR count). The molecule has 7 nitrogen and oxygen atoms in total. The first-order valence-electron chi connectivity index (χ1n) is 13.2. The van der Waals surface area contributed by atoms with Gasteiger partial charge < -0.3 is 14.7 Å². The maximum Gasteiger partial charge on any atom is 0.303 e. The molecule has 1 amide bonds.